The van der Waals surface area contributed by atoms with Gasteiger partial charge in [0.15, 0.2) is 0 Å². The maximum absolute atomic E-state index is 12.1. The lowest BCUT2D eigenvalue weighted by molar-refractivity contribution is 0.183. The maximum Gasteiger partial charge on any atom is 0.318 e. The molecule has 2 aliphatic rings. The van der Waals surface area contributed by atoms with Crippen molar-refractivity contribution in [2.24, 2.45) is 0 Å². The second-order valence-electron chi connectivity index (χ2n) is 4.88. The van der Waals surface area contributed by atoms with Crippen molar-refractivity contribution in [1.29, 1.82) is 0 Å². The van der Waals surface area contributed by atoms with Crippen LogP contribution in [0.25, 0.3) is 0 Å². The SMILES string of the molecule is CCCNC(=O)N1C2CCC1c1ccccc12. The molecule has 17 heavy (non-hydrogen) atoms. The minimum atomic E-state index is 0.107. The summed E-state index contributed by atoms with van der Waals surface area (Å²) in [5.41, 5.74) is 2.71. The van der Waals surface area contributed by atoms with Gasteiger partial charge < -0.3 is 10.2 Å². The average Bonchev–Trinajstić information content (AvgIpc) is 2.93. The van der Waals surface area contributed by atoms with Crippen molar-refractivity contribution in [1.82, 2.24) is 10.2 Å². The van der Waals surface area contributed by atoms with Gasteiger partial charge in [-0.25, -0.2) is 4.79 Å². The Hall–Kier alpha value is -1.51. The standard InChI is InChI=1S/C14H18N2O/c1-2-9-15-14(17)16-12-7-8-13(16)11-6-4-3-5-10(11)12/h3-6,12-13H,2,7-9H2,1H3,(H,15,17). The van der Waals surface area contributed by atoms with Crippen LogP contribution in [0, 0.1) is 0 Å². The molecule has 1 aromatic carbocycles. The van der Waals surface area contributed by atoms with Crippen molar-refractivity contribution in [2.75, 3.05) is 6.54 Å². The number of urea groups is 1. The van der Waals surface area contributed by atoms with E-state index in [1.807, 2.05) is 4.90 Å². The van der Waals surface area contributed by atoms with E-state index in [0.717, 1.165) is 25.8 Å². The van der Waals surface area contributed by atoms with E-state index in [4.69, 9.17) is 0 Å². The van der Waals surface area contributed by atoms with Gasteiger partial charge in [0, 0.05) is 6.54 Å². The Labute approximate surface area is 102 Å². The summed E-state index contributed by atoms with van der Waals surface area (Å²) in [6.45, 7) is 2.85. The first kappa shape index (κ1) is 10.6. The number of hydrogen-bond acceptors (Lipinski definition) is 1. The van der Waals surface area contributed by atoms with E-state index in [9.17, 15) is 4.79 Å². The van der Waals surface area contributed by atoms with Crippen LogP contribution in [-0.4, -0.2) is 17.5 Å². The Balaban J connectivity index is 1.85. The lowest BCUT2D eigenvalue weighted by Gasteiger charge is -2.22. The molecule has 2 heterocycles. The molecule has 0 radical (unpaired) electrons. The van der Waals surface area contributed by atoms with E-state index in [2.05, 4.69) is 36.5 Å². The third-order valence-corrected chi connectivity index (χ3v) is 3.86. The van der Waals surface area contributed by atoms with Crippen LogP contribution in [0.1, 0.15) is 49.4 Å². The van der Waals surface area contributed by atoms with Gasteiger partial charge in [-0.05, 0) is 30.4 Å². The Bertz CT molecular complexity index is 413. The highest BCUT2D eigenvalue weighted by atomic mass is 16.2. The zero-order valence-corrected chi connectivity index (χ0v) is 10.1. The lowest BCUT2D eigenvalue weighted by atomic mass is 9.92. The maximum atomic E-state index is 12.1. The predicted molar refractivity (Wildman–Crippen MR) is 66.7 cm³/mol. The molecule has 2 bridgehead atoms. The van der Waals surface area contributed by atoms with Crippen LogP contribution in [0.3, 0.4) is 0 Å². The van der Waals surface area contributed by atoms with Gasteiger partial charge >= 0.3 is 6.03 Å². The fraction of sp³-hybridized carbons (Fsp3) is 0.500. The molecule has 1 fully saturated rings. The highest BCUT2D eigenvalue weighted by Crippen LogP contribution is 2.52. The summed E-state index contributed by atoms with van der Waals surface area (Å²) in [6.07, 6.45) is 3.21. The van der Waals surface area contributed by atoms with Gasteiger partial charge in [0.05, 0.1) is 12.1 Å². The summed E-state index contributed by atoms with van der Waals surface area (Å²) < 4.78 is 0. The molecule has 3 nitrogen and oxygen atoms in total. The van der Waals surface area contributed by atoms with E-state index in [1.54, 1.807) is 0 Å². The molecule has 2 aliphatic heterocycles. The molecular weight excluding hydrogens is 212 g/mol. The molecule has 1 N–H and O–H groups in total. The number of hydrogen-bond donors (Lipinski definition) is 1. The van der Waals surface area contributed by atoms with E-state index in [-0.39, 0.29) is 6.03 Å². The van der Waals surface area contributed by atoms with Crippen molar-refractivity contribution in [3.05, 3.63) is 35.4 Å². The normalized spacial score (nSPS) is 24.9. The van der Waals surface area contributed by atoms with Gasteiger partial charge in [-0.15, -0.1) is 0 Å². The average molecular weight is 230 g/mol. The molecular formula is C14H18N2O. The smallest absolute Gasteiger partial charge is 0.318 e. The van der Waals surface area contributed by atoms with Crippen LogP contribution in [0.5, 0.6) is 0 Å². The van der Waals surface area contributed by atoms with Crippen molar-refractivity contribution < 1.29 is 4.79 Å². The van der Waals surface area contributed by atoms with E-state index >= 15 is 0 Å². The Morgan fingerprint density at radius 3 is 2.41 bits per heavy atom. The molecule has 0 aromatic heterocycles. The molecule has 3 rings (SSSR count). The number of amides is 2. The predicted octanol–water partition coefficient (Wildman–Crippen LogP) is 3.00. The van der Waals surface area contributed by atoms with E-state index in [1.165, 1.54) is 11.1 Å². The summed E-state index contributed by atoms with van der Waals surface area (Å²) in [5, 5.41) is 3.00. The first-order chi connectivity index (χ1) is 8.33. The molecule has 90 valence electrons. The zero-order chi connectivity index (χ0) is 11.8. The molecule has 1 saturated heterocycles. The van der Waals surface area contributed by atoms with Crippen LogP contribution in [0.2, 0.25) is 0 Å². The van der Waals surface area contributed by atoms with Crippen LogP contribution in [0.15, 0.2) is 24.3 Å². The van der Waals surface area contributed by atoms with Gasteiger partial charge in [0.2, 0.25) is 0 Å². The quantitative estimate of drug-likeness (QED) is 0.832. The number of benzene rings is 1. The van der Waals surface area contributed by atoms with E-state index < -0.39 is 0 Å². The third kappa shape index (κ3) is 1.53. The summed E-state index contributed by atoms with van der Waals surface area (Å²) in [5.74, 6) is 0. The number of carbonyl (C=O) groups is 1. The van der Waals surface area contributed by atoms with Gasteiger partial charge in [-0.3, -0.25) is 0 Å². The van der Waals surface area contributed by atoms with Gasteiger partial charge in [-0.1, -0.05) is 31.2 Å². The van der Waals surface area contributed by atoms with Gasteiger partial charge in [0.25, 0.3) is 0 Å². The second kappa shape index (κ2) is 4.06. The molecule has 0 aliphatic carbocycles. The zero-order valence-electron chi connectivity index (χ0n) is 10.1. The van der Waals surface area contributed by atoms with Crippen LogP contribution in [0.4, 0.5) is 4.79 Å². The molecule has 2 atom stereocenters. The number of rotatable bonds is 2. The van der Waals surface area contributed by atoms with Crippen LogP contribution < -0.4 is 5.32 Å². The first-order valence-corrected chi connectivity index (χ1v) is 6.48. The Morgan fingerprint density at radius 1 is 1.29 bits per heavy atom. The highest BCUT2D eigenvalue weighted by Gasteiger charge is 2.45. The van der Waals surface area contributed by atoms with Gasteiger partial charge in [-0.2, -0.15) is 0 Å². The van der Waals surface area contributed by atoms with Crippen LogP contribution in [-0.2, 0) is 0 Å². The molecule has 2 unspecified atom stereocenters. The monoisotopic (exact) mass is 230 g/mol. The van der Waals surface area contributed by atoms with Crippen LogP contribution >= 0.6 is 0 Å². The molecule has 1 aromatic rings. The van der Waals surface area contributed by atoms with Gasteiger partial charge in [0.1, 0.15) is 0 Å². The summed E-state index contributed by atoms with van der Waals surface area (Å²) >= 11 is 0. The molecule has 2 amide bonds. The van der Waals surface area contributed by atoms with Crippen molar-refractivity contribution in [3.63, 3.8) is 0 Å². The Morgan fingerprint density at radius 2 is 1.88 bits per heavy atom. The third-order valence-electron chi connectivity index (χ3n) is 3.86. The summed E-state index contributed by atoms with van der Waals surface area (Å²) in [7, 11) is 0. The number of nitrogens with one attached hydrogen (secondary N) is 1. The topological polar surface area (TPSA) is 32.3 Å². The van der Waals surface area contributed by atoms with E-state index in [0.29, 0.717) is 12.1 Å². The first-order valence-electron chi connectivity index (χ1n) is 6.48. The Kier molecular flexibility index (Phi) is 2.54. The largest absolute Gasteiger partial charge is 0.338 e. The number of nitrogens with zero attached hydrogens (tertiary/aromatic N) is 1. The van der Waals surface area contributed by atoms with Crippen molar-refractivity contribution >= 4 is 6.03 Å². The molecule has 0 spiro atoms. The number of fused-ring (bicyclic) bond motifs is 5. The summed E-state index contributed by atoms with van der Waals surface area (Å²) in [4.78, 5) is 14.2. The lowest BCUT2D eigenvalue weighted by Crippen LogP contribution is -2.38. The minimum absolute atomic E-state index is 0.107. The van der Waals surface area contributed by atoms with Crippen molar-refractivity contribution in [2.45, 2.75) is 38.3 Å². The minimum Gasteiger partial charge on any atom is -0.338 e. The molecule has 3 heteroatoms. The van der Waals surface area contributed by atoms with Crippen molar-refractivity contribution in [3.8, 4) is 0 Å². The number of carbonyl (C=O) groups excluding carboxylic acids is 1. The second-order valence-corrected chi connectivity index (χ2v) is 4.88. The summed E-state index contributed by atoms with van der Waals surface area (Å²) in [6, 6.07) is 9.21. The molecule has 0 saturated carbocycles. The fourth-order valence-corrected chi connectivity index (χ4v) is 3.15. The fourth-order valence-electron chi connectivity index (χ4n) is 3.15. The highest BCUT2D eigenvalue weighted by molar-refractivity contribution is 5.77.